The Morgan fingerprint density at radius 3 is 2.40 bits per heavy atom. The second-order valence-electron chi connectivity index (χ2n) is 6.46. The van der Waals surface area contributed by atoms with Crippen LogP contribution in [0.5, 0.6) is 0 Å². The van der Waals surface area contributed by atoms with E-state index in [4.69, 9.17) is 10.9 Å². The number of nitrogens with zero attached hydrogens (tertiary/aromatic N) is 2. The molecule has 114 valence electrons. The van der Waals surface area contributed by atoms with Crippen LogP contribution in [0.2, 0.25) is 0 Å². The number of oxime groups is 1. The van der Waals surface area contributed by atoms with Gasteiger partial charge in [-0.25, -0.2) is 0 Å². The second kappa shape index (κ2) is 5.60. The van der Waals surface area contributed by atoms with Crippen LogP contribution >= 0.6 is 0 Å². The Labute approximate surface area is 119 Å². The maximum absolute atomic E-state index is 12.9. The fourth-order valence-corrected chi connectivity index (χ4v) is 3.53. The van der Waals surface area contributed by atoms with Crippen molar-refractivity contribution in [1.82, 2.24) is 4.90 Å². The topological polar surface area (TPSA) is 99.2 Å². The summed E-state index contributed by atoms with van der Waals surface area (Å²) < 4.78 is 0. The smallest absolute Gasteiger partial charge is 0.236 e. The van der Waals surface area contributed by atoms with Gasteiger partial charge < -0.3 is 20.9 Å². The van der Waals surface area contributed by atoms with Crippen molar-refractivity contribution in [2.75, 3.05) is 13.1 Å². The molecule has 0 spiro atoms. The molecule has 2 fully saturated rings. The molecule has 0 aromatic heterocycles. The van der Waals surface area contributed by atoms with Crippen molar-refractivity contribution in [3.05, 3.63) is 0 Å². The molecule has 1 saturated heterocycles. The summed E-state index contributed by atoms with van der Waals surface area (Å²) >= 11 is 0. The molecule has 1 aliphatic carbocycles. The Bertz CT molecular complexity index is 400. The highest BCUT2D eigenvalue weighted by Gasteiger charge is 2.47. The number of piperidine rings is 1. The van der Waals surface area contributed by atoms with Crippen LogP contribution in [0.3, 0.4) is 0 Å². The summed E-state index contributed by atoms with van der Waals surface area (Å²) in [5, 5.41) is 22.3. The number of aliphatic hydroxyl groups is 1. The van der Waals surface area contributed by atoms with Crippen molar-refractivity contribution in [3.8, 4) is 0 Å². The first-order valence-corrected chi connectivity index (χ1v) is 7.41. The van der Waals surface area contributed by atoms with Gasteiger partial charge in [0, 0.05) is 13.1 Å². The number of rotatable bonds is 2. The molecule has 0 aromatic carbocycles. The van der Waals surface area contributed by atoms with E-state index in [1.807, 2.05) is 0 Å². The number of carbonyl (C=O) groups excluding carboxylic acids is 1. The molecule has 20 heavy (non-hydrogen) atoms. The first kappa shape index (κ1) is 15.1. The lowest BCUT2D eigenvalue weighted by atomic mass is 9.71. The van der Waals surface area contributed by atoms with Crippen LogP contribution in [0.1, 0.15) is 51.9 Å². The molecule has 0 bridgehead atoms. The molecule has 2 aliphatic rings. The SMILES string of the molecule is CC1(O)CCCN(C(=O)C2(C(N)=NO)CCCCC2)C1. The Morgan fingerprint density at radius 1 is 1.20 bits per heavy atom. The quantitative estimate of drug-likeness (QED) is 0.305. The number of amidine groups is 1. The summed E-state index contributed by atoms with van der Waals surface area (Å²) in [7, 11) is 0. The van der Waals surface area contributed by atoms with Gasteiger partial charge >= 0.3 is 0 Å². The van der Waals surface area contributed by atoms with Gasteiger partial charge in [0.25, 0.3) is 0 Å². The number of nitrogens with two attached hydrogens (primary N) is 1. The Kier molecular flexibility index (Phi) is 4.22. The predicted molar refractivity (Wildman–Crippen MR) is 75.4 cm³/mol. The van der Waals surface area contributed by atoms with Crippen LogP contribution in [-0.2, 0) is 4.79 Å². The van der Waals surface area contributed by atoms with Gasteiger partial charge in [-0.05, 0) is 32.6 Å². The fourth-order valence-electron chi connectivity index (χ4n) is 3.53. The minimum absolute atomic E-state index is 0.0208. The molecular weight excluding hydrogens is 258 g/mol. The van der Waals surface area contributed by atoms with Gasteiger partial charge in [-0.3, -0.25) is 4.79 Å². The molecule has 1 atom stereocenters. The van der Waals surface area contributed by atoms with Gasteiger partial charge in [-0.2, -0.15) is 0 Å². The molecule has 0 radical (unpaired) electrons. The Morgan fingerprint density at radius 2 is 1.85 bits per heavy atom. The van der Waals surface area contributed by atoms with Crippen LogP contribution in [-0.4, -0.2) is 45.6 Å². The summed E-state index contributed by atoms with van der Waals surface area (Å²) in [6.07, 6.45) is 5.63. The van der Waals surface area contributed by atoms with Crippen molar-refractivity contribution in [2.45, 2.75) is 57.5 Å². The summed E-state index contributed by atoms with van der Waals surface area (Å²) in [5.74, 6) is -0.0695. The van der Waals surface area contributed by atoms with Crippen molar-refractivity contribution in [1.29, 1.82) is 0 Å². The van der Waals surface area contributed by atoms with E-state index >= 15 is 0 Å². The monoisotopic (exact) mass is 283 g/mol. The largest absolute Gasteiger partial charge is 0.409 e. The van der Waals surface area contributed by atoms with Crippen molar-refractivity contribution < 1.29 is 15.1 Å². The molecule has 0 aromatic rings. The number of likely N-dealkylation sites (tertiary alicyclic amines) is 1. The lowest BCUT2D eigenvalue weighted by molar-refractivity contribution is -0.146. The van der Waals surface area contributed by atoms with Crippen molar-refractivity contribution >= 4 is 11.7 Å². The molecule has 1 aliphatic heterocycles. The van der Waals surface area contributed by atoms with Crippen LogP contribution in [0, 0.1) is 5.41 Å². The zero-order chi connectivity index (χ0) is 14.8. The molecule has 6 nitrogen and oxygen atoms in total. The minimum atomic E-state index is -0.875. The third-order valence-electron chi connectivity index (χ3n) is 4.68. The van der Waals surface area contributed by atoms with Crippen LogP contribution in [0.25, 0.3) is 0 Å². The van der Waals surface area contributed by atoms with Crippen LogP contribution in [0.4, 0.5) is 0 Å². The fraction of sp³-hybridized carbons (Fsp3) is 0.857. The first-order chi connectivity index (χ1) is 9.41. The van der Waals surface area contributed by atoms with E-state index in [2.05, 4.69) is 5.16 Å². The van der Waals surface area contributed by atoms with E-state index in [0.29, 0.717) is 32.4 Å². The number of hydrogen-bond acceptors (Lipinski definition) is 4. The number of amides is 1. The first-order valence-electron chi connectivity index (χ1n) is 7.41. The maximum Gasteiger partial charge on any atom is 0.236 e. The zero-order valence-electron chi connectivity index (χ0n) is 12.1. The molecule has 6 heteroatoms. The highest BCUT2D eigenvalue weighted by atomic mass is 16.4. The molecule has 1 heterocycles. The highest BCUT2D eigenvalue weighted by Crippen LogP contribution is 2.39. The lowest BCUT2D eigenvalue weighted by Gasteiger charge is -2.43. The van der Waals surface area contributed by atoms with E-state index in [-0.39, 0.29) is 11.7 Å². The number of β-amino-alcohol motifs (C(OH)–C–C–N with tert-alkyl or cyclic N) is 1. The highest BCUT2D eigenvalue weighted by molar-refractivity contribution is 6.06. The van der Waals surface area contributed by atoms with Gasteiger partial charge in [0.2, 0.25) is 5.91 Å². The van der Waals surface area contributed by atoms with Gasteiger partial charge in [0.15, 0.2) is 5.84 Å². The standard InChI is InChI=1S/C14H25N3O3/c1-13(19)6-5-9-17(10-13)12(18)14(11(15)16-20)7-3-2-4-8-14/h19-20H,2-10H2,1H3,(H2,15,16). The third kappa shape index (κ3) is 2.75. The average molecular weight is 283 g/mol. The summed E-state index contributed by atoms with van der Waals surface area (Å²) in [6, 6.07) is 0. The Balaban J connectivity index is 2.23. The number of hydrogen-bond donors (Lipinski definition) is 3. The summed E-state index contributed by atoms with van der Waals surface area (Å²) in [6.45, 7) is 2.71. The maximum atomic E-state index is 12.9. The average Bonchev–Trinajstić information content (AvgIpc) is 2.45. The third-order valence-corrected chi connectivity index (χ3v) is 4.68. The van der Waals surface area contributed by atoms with Crippen LogP contribution in [0.15, 0.2) is 5.16 Å². The van der Waals surface area contributed by atoms with Gasteiger partial charge in [-0.1, -0.05) is 24.4 Å². The molecular formula is C14H25N3O3. The van der Waals surface area contributed by atoms with Crippen LogP contribution < -0.4 is 5.73 Å². The minimum Gasteiger partial charge on any atom is -0.409 e. The second-order valence-corrected chi connectivity index (χ2v) is 6.46. The lowest BCUT2D eigenvalue weighted by Crippen LogP contribution is -2.57. The van der Waals surface area contributed by atoms with Gasteiger partial charge in [-0.15, -0.1) is 0 Å². The molecule has 1 amide bonds. The van der Waals surface area contributed by atoms with E-state index in [0.717, 1.165) is 25.7 Å². The molecule has 4 N–H and O–H groups in total. The van der Waals surface area contributed by atoms with E-state index in [9.17, 15) is 9.90 Å². The van der Waals surface area contributed by atoms with Gasteiger partial charge in [0.05, 0.1) is 5.60 Å². The van der Waals surface area contributed by atoms with Crippen molar-refractivity contribution in [3.63, 3.8) is 0 Å². The van der Waals surface area contributed by atoms with Gasteiger partial charge in [0.1, 0.15) is 5.41 Å². The predicted octanol–water partition coefficient (Wildman–Crippen LogP) is 1.06. The number of carbonyl (C=O) groups is 1. The Hall–Kier alpha value is -1.30. The molecule has 1 saturated carbocycles. The van der Waals surface area contributed by atoms with E-state index in [1.165, 1.54) is 0 Å². The summed E-state index contributed by atoms with van der Waals surface area (Å²) in [5.41, 5.74) is 4.13. The normalized spacial score (nSPS) is 31.1. The zero-order valence-corrected chi connectivity index (χ0v) is 12.1. The molecule has 2 rings (SSSR count). The van der Waals surface area contributed by atoms with E-state index < -0.39 is 11.0 Å². The van der Waals surface area contributed by atoms with E-state index in [1.54, 1.807) is 11.8 Å². The summed E-state index contributed by atoms with van der Waals surface area (Å²) in [4.78, 5) is 14.6. The van der Waals surface area contributed by atoms with Crippen molar-refractivity contribution in [2.24, 2.45) is 16.3 Å². The molecule has 1 unspecified atom stereocenters.